The molecule has 1 heterocycles. The standard InChI is InChI=1S/C26H34F2O5/c1-4-21-18(3)22(31-16-19-12-8-6-9-13-19)23(32-17-20-14-10-7-11-15-20)24(33-21)26(27,28)25(29)30-5-2/h6-15,18,21-25,29H,4-5,16-17H2,1-3H3/t18-,21+,22-,23+,24+,25?/m0/s1. The predicted molar refractivity (Wildman–Crippen MR) is 121 cm³/mol. The second-order valence-corrected chi connectivity index (χ2v) is 8.37. The van der Waals surface area contributed by atoms with E-state index in [2.05, 4.69) is 0 Å². The van der Waals surface area contributed by atoms with Gasteiger partial charge in [-0.25, -0.2) is 0 Å². The summed E-state index contributed by atoms with van der Waals surface area (Å²) in [5.74, 6) is -3.89. The van der Waals surface area contributed by atoms with Crippen LogP contribution in [0.15, 0.2) is 60.7 Å². The van der Waals surface area contributed by atoms with Crippen LogP contribution in [0.4, 0.5) is 8.78 Å². The van der Waals surface area contributed by atoms with Gasteiger partial charge in [0.1, 0.15) is 6.10 Å². The Hall–Kier alpha value is -1.90. The lowest BCUT2D eigenvalue weighted by atomic mass is 9.84. The minimum Gasteiger partial charge on any atom is -0.370 e. The van der Waals surface area contributed by atoms with E-state index in [0.717, 1.165) is 11.1 Å². The highest BCUT2D eigenvalue weighted by Gasteiger charge is 2.59. The summed E-state index contributed by atoms with van der Waals surface area (Å²) in [5, 5.41) is 10.1. The molecule has 6 atom stereocenters. The molecule has 0 radical (unpaired) electrons. The maximum atomic E-state index is 15.4. The fourth-order valence-corrected chi connectivity index (χ4v) is 4.22. The van der Waals surface area contributed by atoms with Crippen molar-refractivity contribution < 1.29 is 32.8 Å². The van der Waals surface area contributed by atoms with Crippen molar-refractivity contribution in [3.63, 3.8) is 0 Å². The van der Waals surface area contributed by atoms with Crippen LogP contribution in [0.5, 0.6) is 0 Å². The molecule has 33 heavy (non-hydrogen) atoms. The number of benzene rings is 2. The quantitative estimate of drug-likeness (QED) is 0.477. The van der Waals surface area contributed by atoms with Gasteiger partial charge in [-0.05, 0) is 24.5 Å². The molecule has 2 aromatic carbocycles. The Kier molecular flexibility index (Phi) is 9.35. The Morgan fingerprint density at radius 2 is 1.42 bits per heavy atom. The zero-order chi connectivity index (χ0) is 23.8. The van der Waals surface area contributed by atoms with Crippen molar-refractivity contribution in [2.24, 2.45) is 5.92 Å². The molecule has 7 heteroatoms. The topological polar surface area (TPSA) is 57.2 Å². The van der Waals surface area contributed by atoms with Crippen LogP contribution in [0.3, 0.4) is 0 Å². The second kappa shape index (κ2) is 12.0. The van der Waals surface area contributed by atoms with E-state index < -0.39 is 36.6 Å². The Balaban J connectivity index is 1.89. The number of hydrogen-bond donors (Lipinski definition) is 1. The summed E-state index contributed by atoms with van der Waals surface area (Å²) < 4.78 is 53.8. The summed E-state index contributed by atoms with van der Waals surface area (Å²) in [7, 11) is 0. The van der Waals surface area contributed by atoms with Gasteiger partial charge in [0.05, 0.1) is 25.4 Å². The highest BCUT2D eigenvalue weighted by atomic mass is 19.3. The smallest absolute Gasteiger partial charge is 0.325 e. The van der Waals surface area contributed by atoms with Crippen LogP contribution in [0.25, 0.3) is 0 Å². The van der Waals surface area contributed by atoms with Crippen molar-refractivity contribution in [2.45, 2.75) is 77.0 Å². The van der Waals surface area contributed by atoms with E-state index >= 15 is 8.78 Å². The van der Waals surface area contributed by atoms with E-state index in [1.165, 1.54) is 0 Å². The third-order valence-corrected chi connectivity index (χ3v) is 6.05. The van der Waals surface area contributed by atoms with Crippen molar-refractivity contribution in [3.8, 4) is 0 Å². The molecular formula is C26H34F2O5. The van der Waals surface area contributed by atoms with E-state index in [4.69, 9.17) is 18.9 Å². The van der Waals surface area contributed by atoms with Gasteiger partial charge < -0.3 is 24.1 Å². The van der Waals surface area contributed by atoms with E-state index in [-0.39, 0.29) is 25.7 Å². The van der Waals surface area contributed by atoms with E-state index in [1.54, 1.807) is 6.92 Å². The molecule has 1 unspecified atom stereocenters. The van der Waals surface area contributed by atoms with Gasteiger partial charge >= 0.3 is 5.92 Å². The zero-order valence-electron chi connectivity index (χ0n) is 19.4. The van der Waals surface area contributed by atoms with Crippen LogP contribution in [0, 0.1) is 5.92 Å². The Morgan fingerprint density at radius 3 is 1.91 bits per heavy atom. The lowest BCUT2D eigenvalue weighted by molar-refractivity contribution is -0.332. The molecule has 0 bridgehead atoms. The van der Waals surface area contributed by atoms with Crippen LogP contribution in [0.2, 0.25) is 0 Å². The molecule has 1 N–H and O–H groups in total. The summed E-state index contributed by atoms with van der Waals surface area (Å²) in [6.07, 6.45) is -5.78. The highest BCUT2D eigenvalue weighted by Crippen LogP contribution is 2.40. The molecule has 1 saturated heterocycles. The first-order valence-corrected chi connectivity index (χ1v) is 11.5. The first-order valence-electron chi connectivity index (χ1n) is 11.5. The summed E-state index contributed by atoms with van der Waals surface area (Å²) in [5.41, 5.74) is 1.78. The average Bonchev–Trinajstić information content (AvgIpc) is 2.83. The Morgan fingerprint density at radius 1 is 0.909 bits per heavy atom. The number of hydrogen-bond acceptors (Lipinski definition) is 5. The van der Waals surface area contributed by atoms with Crippen molar-refractivity contribution in [1.29, 1.82) is 0 Å². The predicted octanol–water partition coefficient (Wildman–Crippen LogP) is 4.96. The number of aliphatic hydroxyl groups excluding tert-OH is 1. The molecule has 0 aromatic heterocycles. The van der Waals surface area contributed by atoms with Crippen molar-refractivity contribution in [1.82, 2.24) is 0 Å². The van der Waals surface area contributed by atoms with Gasteiger partial charge in [-0.1, -0.05) is 74.5 Å². The minimum atomic E-state index is -3.70. The Labute approximate surface area is 194 Å². The summed E-state index contributed by atoms with van der Waals surface area (Å²) in [6.45, 7) is 5.67. The largest absolute Gasteiger partial charge is 0.370 e. The number of alkyl halides is 2. The fraction of sp³-hybridized carbons (Fsp3) is 0.538. The lowest BCUT2D eigenvalue weighted by Crippen LogP contribution is -2.63. The molecule has 0 amide bonds. The summed E-state index contributed by atoms with van der Waals surface area (Å²) >= 11 is 0. The van der Waals surface area contributed by atoms with Gasteiger partial charge in [-0.2, -0.15) is 8.78 Å². The fourth-order valence-electron chi connectivity index (χ4n) is 4.22. The molecule has 1 aliphatic heterocycles. The van der Waals surface area contributed by atoms with Crippen LogP contribution in [-0.4, -0.2) is 48.3 Å². The highest BCUT2D eigenvalue weighted by molar-refractivity contribution is 5.15. The zero-order valence-corrected chi connectivity index (χ0v) is 19.4. The van der Waals surface area contributed by atoms with Crippen molar-refractivity contribution >= 4 is 0 Å². The molecule has 0 saturated carbocycles. The van der Waals surface area contributed by atoms with Crippen molar-refractivity contribution in [2.75, 3.05) is 6.61 Å². The molecule has 1 fully saturated rings. The molecule has 0 aliphatic carbocycles. The second-order valence-electron chi connectivity index (χ2n) is 8.37. The third-order valence-electron chi connectivity index (χ3n) is 6.05. The normalized spacial score (nSPS) is 26.8. The molecule has 2 aromatic rings. The third kappa shape index (κ3) is 6.37. The molecule has 0 spiro atoms. The maximum absolute atomic E-state index is 15.4. The summed E-state index contributed by atoms with van der Waals surface area (Å²) in [4.78, 5) is 0. The van der Waals surface area contributed by atoms with Crippen LogP contribution in [-0.2, 0) is 32.2 Å². The lowest BCUT2D eigenvalue weighted by Gasteiger charge is -2.48. The number of aliphatic hydroxyl groups is 1. The number of ether oxygens (including phenoxy) is 4. The monoisotopic (exact) mass is 464 g/mol. The van der Waals surface area contributed by atoms with Crippen LogP contribution < -0.4 is 0 Å². The van der Waals surface area contributed by atoms with Crippen molar-refractivity contribution in [3.05, 3.63) is 71.8 Å². The average molecular weight is 465 g/mol. The Bertz CT molecular complexity index is 820. The van der Waals surface area contributed by atoms with Crippen LogP contribution in [0.1, 0.15) is 38.3 Å². The number of rotatable bonds is 11. The molecular weight excluding hydrogens is 430 g/mol. The number of halogens is 2. The first-order chi connectivity index (χ1) is 15.9. The van der Waals surface area contributed by atoms with Gasteiger partial charge in [0.25, 0.3) is 0 Å². The van der Waals surface area contributed by atoms with E-state index in [1.807, 2.05) is 74.5 Å². The molecule has 5 nitrogen and oxygen atoms in total. The van der Waals surface area contributed by atoms with Gasteiger partial charge in [0.2, 0.25) is 6.29 Å². The van der Waals surface area contributed by atoms with Gasteiger partial charge in [0, 0.05) is 12.5 Å². The maximum Gasteiger partial charge on any atom is 0.325 e. The summed E-state index contributed by atoms with van der Waals surface area (Å²) in [6, 6.07) is 18.9. The van der Waals surface area contributed by atoms with Gasteiger partial charge in [0.15, 0.2) is 6.10 Å². The van der Waals surface area contributed by atoms with Gasteiger partial charge in [-0.15, -0.1) is 0 Å². The minimum absolute atomic E-state index is 0.0550. The van der Waals surface area contributed by atoms with E-state index in [0.29, 0.717) is 6.42 Å². The molecule has 182 valence electrons. The first kappa shape index (κ1) is 25.7. The molecule has 3 rings (SSSR count). The SMILES string of the molecule is CCOC(O)C(F)(F)[C@@H]1O[C@H](CC)[C@H](C)[C@H](OCc2ccccc2)[C@H]1OCc1ccccc1. The van der Waals surface area contributed by atoms with Crippen LogP contribution >= 0.6 is 0 Å². The van der Waals surface area contributed by atoms with Gasteiger partial charge in [-0.3, -0.25) is 0 Å². The van der Waals surface area contributed by atoms with E-state index in [9.17, 15) is 5.11 Å². The molecule has 1 aliphatic rings.